The number of carbonyl (C=O) groups excluding carboxylic acids is 1. The van der Waals surface area contributed by atoms with Gasteiger partial charge >= 0.3 is 6.09 Å². The zero-order valence-electron chi connectivity index (χ0n) is 10.8. The second kappa shape index (κ2) is 7.11. The van der Waals surface area contributed by atoms with Crippen LogP contribution >= 0.6 is 0 Å². The first-order valence-corrected chi connectivity index (χ1v) is 6.47. The average Bonchev–Trinajstić information content (AvgIpc) is 2.71. The smallest absolute Gasteiger partial charge is 0.410 e. The molecule has 0 bridgehead atoms. The van der Waals surface area contributed by atoms with Crippen LogP contribution in [-0.2, 0) is 16.1 Å². The molecule has 0 radical (unpaired) electrons. The van der Waals surface area contributed by atoms with Gasteiger partial charge in [-0.3, -0.25) is 0 Å². The number of rotatable bonds is 3. The second-order valence-corrected chi connectivity index (χ2v) is 4.52. The Bertz CT molecular complexity index is 396. The van der Waals surface area contributed by atoms with E-state index in [2.05, 4.69) is 0 Å². The van der Waals surface area contributed by atoms with Crippen molar-refractivity contribution in [3.05, 3.63) is 35.9 Å². The monoisotopic (exact) mass is 265 g/mol. The van der Waals surface area contributed by atoms with Crippen molar-refractivity contribution in [2.75, 3.05) is 26.3 Å². The molecule has 0 spiro atoms. The van der Waals surface area contributed by atoms with Gasteiger partial charge in [-0.25, -0.2) is 4.79 Å². The Balaban J connectivity index is 1.84. The topological polar surface area (TPSA) is 59.0 Å². The first-order valence-electron chi connectivity index (χ1n) is 6.47. The average molecular weight is 265 g/mol. The number of hydrogen-bond donors (Lipinski definition) is 1. The van der Waals surface area contributed by atoms with Gasteiger partial charge in [0.25, 0.3) is 0 Å². The molecule has 5 nitrogen and oxygen atoms in total. The molecule has 104 valence electrons. The van der Waals surface area contributed by atoms with Crippen molar-refractivity contribution in [1.82, 2.24) is 4.90 Å². The van der Waals surface area contributed by atoms with Crippen molar-refractivity contribution in [2.24, 2.45) is 0 Å². The maximum Gasteiger partial charge on any atom is 0.410 e. The molecular weight excluding hydrogens is 246 g/mol. The zero-order chi connectivity index (χ0) is 13.5. The number of aliphatic hydroxyl groups excluding tert-OH is 1. The summed E-state index contributed by atoms with van der Waals surface area (Å²) >= 11 is 0. The summed E-state index contributed by atoms with van der Waals surface area (Å²) in [5.74, 6) is 0. The van der Waals surface area contributed by atoms with Gasteiger partial charge in [-0.1, -0.05) is 30.3 Å². The van der Waals surface area contributed by atoms with E-state index in [1.165, 1.54) is 0 Å². The molecule has 19 heavy (non-hydrogen) atoms. The highest BCUT2D eigenvalue weighted by Gasteiger charge is 2.22. The maximum absolute atomic E-state index is 12.0. The molecule has 1 heterocycles. The normalized spacial score (nSPS) is 19.8. The fraction of sp³-hybridized carbons (Fsp3) is 0.500. The molecule has 1 N–H and O–H groups in total. The third-order valence-corrected chi connectivity index (χ3v) is 3.02. The largest absolute Gasteiger partial charge is 0.445 e. The van der Waals surface area contributed by atoms with Crippen molar-refractivity contribution < 1.29 is 19.4 Å². The van der Waals surface area contributed by atoms with E-state index in [0.29, 0.717) is 19.7 Å². The minimum atomic E-state index is -0.354. The van der Waals surface area contributed by atoms with Crippen LogP contribution in [0.2, 0.25) is 0 Å². The van der Waals surface area contributed by atoms with Gasteiger partial charge in [-0.05, 0) is 12.0 Å². The molecule has 1 saturated heterocycles. The Kier molecular flexibility index (Phi) is 5.18. The molecule has 0 saturated carbocycles. The summed E-state index contributed by atoms with van der Waals surface area (Å²) in [5, 5.41) is 9.12. The lowest BCUT2D eigenvalue weighted by atomic mass is 10.2. The number of aliphatic hydroxyl groups is 1. The van der Waals surface area contributed by atoms with Crippen LogP contribution in [0.5, 0.6) is 0 Å². The number of amides is 1. The summed E-state index contributed by atoms with van der Waals surface area (Å²) < 4.78 is 10.7. The Labute approximate surface area is 112 Å². The van der Waals surface area contributed by atoms with Crippen LogP contribution < -0.4 is 0 Å². The Morgan fingerprint density at radius 1 is 1.42 bits per heavy atom. The number of nitrogens with zero attached hydrogens (tertiary/aromatic N) is 1. The number of carbonyl (C=O) groups is 1. The predicted octanol–water partition coefficient (Wildman–Crippen LogP) is 1.41. The lowest BCUT2D eigenvalue weighted by Crippen LogP contribution is -2.38. The van der Waals surface area contributed by atoms with E-state index in [1.54, 1.807) is 4.90 Å². The van der Waals surface area contributed by atoms with Gasteiger partial charge in [-0.15, -0.1) is 0 Å². The Hall–Kier alpha value is -1.59. The highest BCUT2D eigenvalue weighted by molar-refractivity contribution is 5.67. The maximum atomic E-state index is 12.0. The standard InChI is InChI=1S/C14H19NO4/c16-10-13-9-15(7-4-8-18-13)14(17)19-11-12-5-2-1-3-6-12/h1-3,5-6,13,16H,4,7-11H2/t13-/m0/s1. The van der Waals surface area contributed by atoms with Gasteiger partial charge in [0.05, 0.1) is 19.3 Å². The van der Waals surface area contributed by atoms with Crippen molar-refractivity contribution in [3.8, 4) is 0 Å². The molecule has 0 unspecified atom stereocenters. The molecule has 1 aromatic carbocycles. The van der Waals surface area contributed by atoms with Crippen LogP contribution in [-0.4, -0.2) is 48.5 Å². The van der Waals surface area contributed by atoms with Crippen molar-refractivity contribution in [1.29, 1.82) is 0 Å². The quantitative estimate of drug-likeness (QED) is 0.897. The van der Waals surface area contributed by atoms with Gasteiger partial charge in [0.2, 0.25) is 0 Å². The molecule has 0 aromatic heterocycles. The van der Waals surface area contributed by atoms with Crippen molar-refractivity contribution >= 4 is 6.09 Å². The van der Waals surface area contributed by atoms with E-state index < -0.39 is 0 Å². The van der Waals surface area contributed by atoms with E-state index in [1.807, 2.05) is 30.3 Å². The van der Waals surface area contributed by atoms with Gasteiger partial charge in [0, 0.05) is 13.2 Å². The van der Waals surface area contributed by atoms with Crippen molar-refractivity contribution in [2.45, 2.75) is 19.1 Å². The molecular formula is C14H19NO4. The second-order valence-electron chi connectivity index (χ2n) is 4.52. The van der Waals surface area contributed by atoms with E-state index in [4.69, 9.17) is 14.6 Å². The van der Waals surface area contributed by atoms with Crippen LogP contribution in [0, 0.1) is 0 Å². The van der Waals surface area contributed by atoms with Gasteiger partial charge < -0.3 is 19.5 Å². The van der Waals surface area contributed by atoms with Gasteiger partial charge in [0.1, 0.15) is 6.61 Å². The van der Waals surface area contributed by atoms with Crippen LogP contribution in [0.1, 0.15) is 12.0 Å². The summed E-state index contributed by atoms with van der Waals surface area (Å²) in [7, 11) is 0. The minimum Gasteiger partial charge on any atom is -0.445 e. The summed E-state index contributed by atoms with van der Waals surface area (Å²) in [6.45, 7) is 1.73. The summed E-state index contributed by atoms with van der Waals surface area (Å²) in [6.07, 6.45) is 0.0938. The van der Waals surface area contributed by atoms with E-state index in [-0.39, 0.29) is 25.4 Å². The molecule has 0 aliphatic carbocycles. The van der Waals surface area contributed by atoms with Crippen LogP contribution in [0.3, 0.4) is 0 Å². The lowest BCUT2D eigenvalue weighted by Gasteiger charge is -2.22. The summed E-state index contributed by atoms with van der Waals surface area (Å²) in [5.41, 5.74) is 0.959. The number of benzene rings is 1. The third kappa shape index (κ3) is 4.22. The molecule has 1 aliphatic rings. The molecule has 1 amide bonds. The van der Waals surface area contributed by atoms with Gasteiger partial charge in [0.15, 0.2) is 0 Å². The molecule has 2 rings (SSSR count). The Morgan fingerprint density at radius 2 is 2.21 bits per heavy atom. The van der Waals surface area contributed by atoms with E-state index in [9.17, 15) is 4.79 Å². The fourth-order valence-electron chi connectivity index (χ4n) is 1.98. The molecule has 1 aromatic rings. The van der Waals surface area contributed by atoms with E-state index >= 15 is 0 Å². The van der Waals surface area contributed by atoms with Crippen LogP contribution in [0.15, 0.2) is 30.3 Å². The molecule has 5 heteroatoms. The lowest BCUT2D eigenvalue weighted by molar-refractivity contribution is 0.0118. The van der Waals surface area contributed by atoms with Crippen molar-refractivity contribution in [3.63, 3.8) is 0 Å². The highest BCUT2D eigenvalue weighted by atomic mass is 16.6. The molecule has 1 atom stereocenters. The van der Waals surface area contributed by atoms with Gasteiger partial charge in [-0.2, -0.15) is 0 Å². The SMILES string of the molecule is O=C(OCc1ccccc1)N1CCCO[C@H](CO)C1. The first kappa shape index (κ1) is 13.8. The fourth-order valence-corrected chi connectivity index (χ4v) is 1.98. The van der Waals surface area contributed by atoms with E-state index in [0.717, 1.165) is 12.0 Å². The molecule has 1 aliphatic heterocycles. The Morgan fingerprint density at radius 3 is 2.95 bits per heavy atom. The predicted molar refractivity (Wildman–Crippen MR) is 69.6 cm³/mol. The summed E-state index contributed by atoms with van der Waals surface area (Å²) in [4.78, 5) is 13.5. The third-order valence-electron chi connectivity index (χ3n) is 3.02. The van der Waals surface area contributed by atoms with Crippen LogP contribution in [0.25, 0.3) is 0 Å². The summed E-state index contributed by atoms with van der Waals surface area (Å²) in [6, 6.07) is 9.56. The van der Waals surface area contributed by atoms with Crippen LogP contribution in [0.4, 0.5) is 4.79 Å². The molecule has 1 fully saturated rings. The minimum absolute atomic E-state index is 0.0809. The first-order chi connectivity index (χ1) is 9.29. The highest BCUT2D eigenvalue weighted by Crippen LogP contribution is 2.09. The number of ether oxygens (including phenoxy) is 2. The number of hydrogen-bond acceptors (Lipinski definition) is 4. The zero-order valence-corrected chi connectivity index (χ0v) is 10.8.